The topological polar surface area (TPSA) is 79.1 Å². The maximum absolute atomic E-state index is 12.6. The maximum atomic E-state index is 12.6. The summed E-state index contributed by atoms with van der Waals surface area (Å²) in [6.07, 6.45) is 2.59. The van der Waals surface area contributed by atoms with Crippen LogP contribution in [0.25, 0.3) is 17.0 Å². The van der Waals surface area contributed by atoms with Gasteiger partial charge in [0.05, 0.1) is 31.3 Å². The van der Waals surface area contributed by atoms with E-state index in [-0.39, 0.29) is 12.4 Å². The average molecular weight is 380 g/mol. The first-order chi connectivity index (χ1) is 12.9. The Morgan fingerprint density at radius 2 is 2.15 bits per heavy atom. The van der Waals surface area contributed by atoms with E-state index in [1.807, 2.05) is 0 Å². The third-order valence-corrected chi connectivity index (χ3v) is 3.71. The Kier molecular flexibility index (Phi) is 5.36. The lowest BCUT2D eigenvalue weighted by Gasteiger charge is -2.20. The van der Waals surface area contributed by atoms with Crippen LogP contribution in [0.4, 0.5) is 13.2 Å². The molecule has 0 spiro atoms. The zero-order valence-electron chi connectivity index (χ0n) is 14.2. The van der Waals surface area contributed by atoms with Gasteiger partial charge in [0.15, 0.2) is 0 Å². The number of hydrogen-bond acceptors (Lipinski definition) is 6. The highest BCUT2D eigenvalue weighted by atomic mass is 19.4. The molecule has 7 nitrogen and oxygen atoms in total. The molecule has 1 unspecified atom stereocenters. The first-order valence-corrected chi connectivity index (χ1v) is 7.89. The molecule has 1 atom stereocenters. The van der Waals surface area contributed by atoms with Crippen LogP contribution in [0.2, 0.25) is 0 Å². The van der Waals surface area contributed by atoms with E-state index in [0.29, 0.717) is 17.0 Å². The van der Waals surface area contributed by atoms with E-state index in [9.17, 15) is 18.0 Å². The minimum atomic E-state index is -4.39. The summed E-state index contributed by atoms with van der Waals surface area (Å²) in [5.74, 6) is 0. The summed E-state index contributed by atoms with van der Waals surface area (Å²) in [6, 6.07) is 3.02. The average Bonchev–Trinajstić information content (AvgIpc) is 2.66. The number of alkyl halides is 3. The van der Waals surface area contributed by atoms with E-state index in [1.54, 1.807) is 12.1 Å². The van der Waals surface area contributed by atoms with Crippen LogP contribution < -0.4 is 10.3 Å². The van der Waals surface area contributed by atoms with Crippen molar-refractivity contribution in [3.8, 4) is 17.3 Å². The SMILES string of the molecule is COc1nc(-c2ccnnc2)cc(=O)n1C1=CCC(OCC(F)(F)F)C=C1. The number of nitrogens with zero attached hydrogens (tertiary/aromatic N) is 4. The van der Waals surface area contributed by atoms with Crippen molar-refractivity contribution < 1.29 is 22.6 Å². The summed E-state index contributed by atoms with van der Waals surface area (Å²) in [7, 11) is 1.37. The number of methoxy groups -OCH3 is 1. The van der Waals surface area contributed by atoms with Crippen molar-refractivity contribution in [1.82, 2.24) is 19.7 Å². The Hall–Kier alpha value is -3.01. The van der Waals surface area contributed by atoms with E-state index in [1.165, 1.54) is 42.3 Å². The Labute approximate surface area is 151 Å². The zero-order chi connectivity index (χ0) is 19.4. The van der Waals surface area contributed by atoms with Crippen LogP contribution >= 0.6 is 0 Å². The van der Waals surface area contributed by atoms with Crippen LogP contribution in [0.3, 0.4) is 0 Å². The molecule has 0 saturated carbocycles. The molecule has 0 amide bonds. The minimum absolute atomic E-state index is 0.0415. The number of aromatic nitrogens is 4. The van der Waals surface area contributed by atoms with Gasteiger partial charge in [0, 0.05) is 17.3 Å². The normalized spacial score (nSPS) is 16.9. The fourth-order valence-electron chi connectivity index (χ4n) is 2.51. The molecule has 2 aromatic heterocycles. The molecule has 0 fully saturated rings. The molecule has 10 heteroatoms. The predicted molar refractivity (Wildman–Crippen MR) is 89.9 cm³/mol. The smallest absolute Gasteiger partial charge is 0.411 e. The van der Waals surface area contributed by atoms with Gasteiger partial charge in [-0.05, 0) is 18.6 Å². The van der Waals surface area contributed by atoms with Crippen molar-refractivity contribution in [2.45, 2.75) is 18.7 Å². The van der Waals surface area contributed by atoms with Crippen LogP contribution in [-0.2, 0) is 4.74 Å². The first kappa shape index (κ1) is 18.8. The monoisotopic (exact) mass is 380 g/mol. The van der Waals surface area contributed by atoms with Crippen molar-refractivity contribution >= 4 is 5.70 Å². The van der Waals surface area contributed by atoms with Gasteiger partial charge in [0.2, 0.25) is 0 Å². The Morgan fingerprint density at radius 1 is 1.33 bits per heavy atom. The minimum Gasteiger partial charge on any atom is -0.468 e. The van der Waals surface area contributed by atoms with Crippen molar-refractivity contribution in [3.63, 3.8) is 0 Å². The molecular formula is C17H15F3N4O3. The van der Waals surface area contributed by atoms with Crippen molar-refractivity contribution in [3.05, 3.63) is 53.1 Å². The van der Waals surface area contributed by atoms with Crippen LogP contribution in [0.15, 0.2) is 47.5 Å². The van der Waals surface area contributed by atoms with Gasteiger partial charge in [-0.25, -0.2) is 4.57 Å². The molecule has 27 heavy (non-hydrogen) atoms. The molecule has 2 aromatic rings. The fourth-order valence-corrected chi connectivity index (χ4v) is 2.51. The zero-order valence-corrected chi connectivity index (χ0v) is 14.2. The van der Waals surface area contributed by atoms with E-state index in [2.05, 4.69) is 15.2 Å². The standard InChI is InChI=1S/C17H15F3N4O3/c1-26-16-23-14(11-6-7-21-22-9-11)8-15(25)24(16)12-2-4-13(5-3-12)27-10-17(18,19)20/h2-4,6-9,13H,5,10H2,1H3. The summed E-state index contributed by atoms with van der Waals surface area (Å²) in [6.45, 7) is -1.33. The van der Waals surface area contributed by atoms with Gasteiger partial charge in [-0.2, -0.15) is 28.4 Å². The van der Waals surface area contributed by atoms with Gasteiger partial charge >= 0.3 is 12.2 Å². The highest BCUT2D eigenvalue weighted by molar-refractivity contribution is 5.63. The molecular weight excluding hydrogens is 365 g/mol. The number of hydrogen-bond donors (Lipinski definition) is 0. The lowest BCUT2D eigenvalue weighted by atomic mass is 10.1. The van der Waals surface area contributed by atoms with Gasteiger partial charge in [0.25, 0.3) is 5.56 Å². The van der Waals surface area contributed by atoms with Gasteiger partial charge in [-0.1, -0.05) is 12.2 Å². The molecule has 0 radical (unpaired) electrons. The van der Waals surface area contributed by atoms with E-state index in [0.717, 1.165) is 0 Å². The van der Waals surface area contributed by atoms with Crippen molar-refractivity contribution in [2.75, 3.05) is 13.7 Å². The molecule has 0 aliphatic heterocycles. The Bertz CT molecular complexity index is 923. The third kappa shape index (κ3) is 4.59. The number of allylic oxidation sites excluding steroid dienone is 2. The maximum Gasteiger partial charge on any atom is 0.411 e. The Balaban J connectivity index is 1.84. The second kappa shape index (κ2) is 7.70. The lowest BCUT2D eigenvalue weighted by Crippen LogP contribution is -2.25. The molecule has 142 valence electrons. The van der Waals surface area contributed by atoms with Crippen LogP contribution in [0, 0.1) is 0 Å². The van der Waals surface area contributed by atoms with Gasteiger partial charge < -0.3 is 9.47 Å². The van der Waals surface area contributed by atoms with Crippen molar-refractivity contribution in [2.24, 2.45) is 0 Å². The molecule has 1 aliphatic carbocycles. The van der Waals surface area contributed by atoms with Gasteiger partial charge in [-0.15, -0.1) is 0 Å². The van der Waals surface area contributed by atoms with Crippen LogP contribution in [-0.4, -0.2) is 45.7 Å². The summed E-state index contributed by atoms with van der Waals surface area (Å²) < 4.78 is 48.0. The van der Waals surface area contributed by atoms with Crippen LogP contribution in [0.5, 0.6) is 6.01 Å². The highest BCUT2D eigenvalue weighted by Crippen LogP contribution is 2.24. The van der Waals surface area contributed by atoms with E-state index >= 15 is 0 Å². The highest BCUT2D eigenvalue weighted by Gasteiger charge is 2.29. The molecule has 0 saturated heterocycles. The third-order valence-electron chi connectivity index (χ3n) is 3.71. The molecule has 2 heterocycles. The number of rotatable bonds is 5. The predicted octanol–water partition coefficient (Wildman–Crippen LogP) is 2.46. The van der Waals surface area contributed by atoms with E-state index in [4.69, 9.17) is 9.47 Å². The van der Waals surface area contributed by atoms with Crippen molar-refractivity contribution in [1.29, 1.82) is 0 Å². The summed E-state index contributed by atoms with van der Waals surface area (Å²) in [5, 5.41) is 7.42. The summed E-state index contributed by atoms with van der Waals surface area (Å²) >= 11 is 0. The fraction of sp³-hybridized carbons (Fsp3) is 0.294. The Morgan fingerprint density at radius 3 is 2.74 bits per heavy atom. The van der Waals surface area contributed by atoms with E-state index < -0.39 is 24.4 Å². The van der Waals surface area contributed by atoms with Gasteiger partial charge in [0.1, 0.15) is 6.61 Å². The summed E-state index contributed by atoms with van der Waals surface area (Å²) in [4.78, 5) is 16.9. The molecule has 0 aromatic carbocycles. The molecule has 3 rings (SSSR count). The molecule has 0 bridgehead atoms. The quantitative estimate of drug-likeness (QED) is 0.793. The first-order valence-electron chi connectivity index (χ1n) is 7.89. The largest absolute Gasteiger partial charge is 0.468 e. The molecule has 0 N–H and O–H groups in total. The summed E-state index contributed by atoms with van der Waals surface area (Å²) in [5.41, 5.74) is 1.01. The second-order valence-corrected chi connectivity index (χ2v) is 5.62. The molecule has 1 aliphatic rings. The van der Waals surface area contributed by atoms with Crippen LogP contribution in [0.1, 0.15) is 6.42 Å². The second-order valence-electron chi connectivity index (χ2n) is 5.62. The number of halogens is 3. The number of ether oxygens (including phenoxy) is 2. The van der Waals surface area contributed by atoms with Gasteiger partial charge in [-0.3, -0.25) is 4.79 Å². The lowest BCUT2D eigenvalue weighted by molar-refractivity contribution is -0.180.